The number of aliphatic carboxylic acids is 1. The molecule has 0 aliphatic rings. The Kier molecular flexibility index (Phi) is 6.50. The van der Waals surface area contributed by atoms with Crippen LogP contribution < -0.4 is 4.74 Å². The quantitative estimate of drug-likeness (QED) is 0.662. The summed E-state index contributed by atoms with van der Waals surface area (Å²) in [6.07, 6.45) is 0.331. The molecule has 2 aromatic rings. The standard InChI is InChI=1S/C21H22ClFO4/c1-11(2)14-9-18(27-10-19(25)26)21(23)20(22)16(14)8-13-5-6-17(24)15(7-13)12(3)4/h5-7,9,12,24H,1,8,10H2,2-4H3,(H,25,26). The molecule has 0 atom stereocenters. The Labute approximate surface area is 162 Å². The number of ether oxygens (including phenoxy) is 1. The second-order valence-electron chi connectivity index (χ2n) is 6.72. The van der Waals surface area contributed by atoms with E-state index in [0.29, 0.717) is 23.1 Å². The minimum atomic E-state index is -1.21. The molecule has 144 valence electrons. The summed E-state index contributed by atoms with van der Waals surface area (Å²) in [7, 11) is 0. The molecule has 0 aliphatic heterocycles. The number of benzene rings is 2. The van der Waals surface area contributed by atoms with E-state index < -0.39 is 18.4 Å². The lowest BCUT2D eigenvalue weighted by molar-refractivity contribution is -0.139. The molecule has 0 aromatic heterocycles. The second-order valence-corrected chi connectivity index (χ2v) is 7.09. The van der Waals surface area contributed by atoms with Crippen LogP contribution in [0, 0.1) is 5.82 Å². The molecule has 2 rings (SSSR count). The van der Waals surface area contributed by atoms with Gasteiger partial charge in [-0.05, 0) is 53.6 Å². The van der Waals surface area contributed by atoms with Gasteiger partial charge in [0.2, 0.25) is 0 Å². The van der Waals surface area contributed by atoms with Crippen LogP contribution in [-0.2, 0) is 11.2 Å². The van der Waals surface area contributed by atoms with Crippen LogP contribution in [0.25, 0.3) is 5.57 Å². The number of carboxylic acids is 1. The van der Waals surface area contributed by atoms with Gasteiger partial charge in [0.25, 0.3) is 0 Å². The fraction of sp³-hybridized carbons (Fsp3) is 0.286. The van der Waals surface area contributed by atoms with Gasteiger partial charge in [-0.2, -0.15) is 0 Å². The number of halogens is 2. The molecule has 0 spiro atoms. The van der Waals surface area contributed by atoms with Crippen LogP contribution in [0.3, 0.4) is 0 Å². The van der Waals surface area contributed by atoms with E-state index in [-0.39, 0.29) is 22.4 Å². The zero-order chi connectivity index (χ0) is 20.3. The molecule has 0 saturated carbocycles. The van der Waals surface area contributed by atoms with Crippen LogP contribution in [0.4, 0.5) is 4.39 Å². The summed E-state index contributed by atoms with van der Waals surface area (Å²) in [6, 6.07) is 6.66. The zero-order valence-electron chi connectivity index (χ0n) is 15.5. The van der Waals surface area contributed by atoms with E-state index in [0.717, 1.165) is 11.1 Å². The molecule has 0 bridgehead atoms. The number of carboxylic acid groups (broad SMARTS) is 1. The average molecular weight is 393 g/mol. The topological polar surface area (TPSA) is 66.8 Å². The molecule has 2 aromatic carbocycles. The highest BCUT2D eigenvalue weighted by atomic mass is 35.5. The summed E-state index contributed by atoms with van der Waals surface area (Å²) in [5.41, 5.74) is 3.43. The van der Waals surface area contributed by atoms with Crippen molar-refractivity contribution in [2.75, 3.05) is 6.61 Å². The molecule has 0 heterocycles. The maximum absolute atomic E-state index is 14.6. The fourth-order valence-corrected chi connectivity index (χ4v) is 3.08. The Morgan fingerprint density at radius 3 is 2.56 bits per heavy atom. The lowest BCUT2D eigenvalue weighted by Gasteiger charge is -2.17. The largest absolute Gasteiger partial charge is 0.508 e. The predicted molar refractivity (Wildman–Crippen MR) is 104 cm³/mol. The first kappa shape index (κ1) is 20.8. The summed E-state index contributed by atoms with van der Waals surface area (Å²) in [5, 5.41) is 18.6. The number of allylic oxidation sites excluding steroid dienone is 1. The zero-order valence-corrected chi connectivity index (χ0v) is 16.2. The molecule has 2 N–H and O–H groups in total. The highest BCUT2D eigenvalue weighted by Crippen LogP contribution is 2.36. The molecule has 6 heteroatoms. The summed E-state index contributed by atoms with van der Waals surface area (Å²) >= 11 is 6.25. The Hall–Kier alpha value is -2.53. The number of aromatic hydroxyl groups is 1. The molecule has 27 heavy (non-hydrogen) atoms. The molecular weight excluding hydrogens is 371 g/mol. The minimum Gasteiger partial charge on any atom is -0.508 e. The lowest BCUT2D eigenvalue weighted by atomic mass is 9.92. The van der Waals surface area contributed by atoms with Gasteiger partial charge >= 0.3 is 5.97 Å². The molecule has 0 radical (unpaired) electrons. The van der Waals surface area contributed by atoms with Crippen molar-refractivity contribution in [3.63, 3.8) is 0 Å². The number of rotatable bonds is 7. The van der Waals surface area contributed by atoms with Crippen molar-refractivity contribution < 1.29 is 24.1 Å². The normalized spacial score (nSPS) is 10.9. The number of phenols is 1. The van der Waals surface area contributed by atoms with Gasteiger partial charge in [0.15, 0.2) is 18.2 Å². The van der Waals surface area contributed by atoms with E-state index in [1.54, 1.807) is 19.1 Å². The van der Waals surface area contributed by atoms with Crippen LogP contribution >= 0.6 is 11.6 Å². The van der Waals surface area contributed by atoms with E-state index in [1.807, 2.05) is 19.9 Å². The van der Waals surface area contributed by atoms with Gasteiger partial charge in [-0.3, -0.25) is 0 Å². The van der Waals surface area contributed by atoms with E-state index in [2.05, 4.69) is 6.58 Å². The highest BCUT2D eigenvalue weighted by Gasteiger charge is 2.20. The first-order valence-electron chi connectivity index (χ1n) is 8.45. The maximum Gasteiger partial charge on any atom is 0.341 e. The van der Waals surface area contributed by atoms with E-state index in [4.69, 9.17) is 21.4 Å². The number of phenolic OH excluding ortho intramolecular Hbond substituents is 1. The Morgan fingerprint density at radius 2 is 2.00 bits per heavy atom. The van der Waals surface area contributed by atoms with Crippen molar-refractivity contribution in [1.29, 1.82) is 0 Å². The van der Waals surface area contributed by atoms with Gasteiger partial charge in [-0.1, -0.05) is 49.7 Å². The highest BCUT2D eigenvalue weighted by molar-refractivity contribution is 6.32. The van der Waals surface area contributed by atoms with E-state index in [9.17, 15) is 14.3 Å². The lowest BCUT2D eigenvalue weighted by Crippen LogP contribution is -2.11. The molecule has 4 nitrogen and oxygen atoms in total. The predicted octanol–water partition coefficient (Wildman–Crippen LogP) is 5.40. The van der Waals surface area contributed by atoms with Gasteiger partial charge in [0, 0.05) is 0 Å². The fourth-order valence-electron chi connectivity index (χ4n) is 2.82. The van der Waals surface area contributed by atoms with Crippen molar-refractivity contribution >= 4 is 23.1 Å². The third-order valence-electron chi connectivity index (χ3n) is 4.18. The van der Waals surface area contributed by atoms with Crippen LogP contribution in [0.15, 0.2) is 30.8 Å². The summed E-state index contributed by atoms with van der Waals surface area (Å²) in [6.45, 7) is 8.93. The monoisotopic (exact) mass is 392 g/mol. The first-order chi connectivity index (χ1) is 12.6. The first-order valence-corrected chi connectivity index (χ1v) is 8.82. The van der Waals surface area contributed by atoms with Crippen LogP contribution in [0.1, 0.15) is 48.9 Å². The molecule has 0 amide bonds. The average Bonchev–Trinajstić information content (AvgIpc) is 2.59. The van der Waals surface area contributed by atoms with Gasteiger partial charge in [0.05, 0.1) is 5.02 Å². The van der Waals surface area contributed by atoms with Crippen molar-refractivity contribution in [3.8, 4) is 11.5 Å². The van der Waals surface area contributed by atoms with Gasteiger partial charge < -0.3 is 14.9 Å². The second kappa shape index (κ2) is 8.44. The smallest absolute Gasteiger partial charge is 0.341 e. The van der Waals surface area contributed by atoms with Gasteiger partial charge in [-0.15, -0.1) is 0 Å². The Balaban J connectivity index is 2.50. The molecular formula is C21H22ClFO4. The van der Waals surface area contributed by atoms with Crippen LogP contribution in [-0.4, -0.2) is 22.8 Å². The van der Waals surface area contributed by atoms with Crippen molar-refractivity contribution in [3.05, 3.63) is 63.9 Å². The van der Waals surface area contributed by atoms with Crippen LogP contribution in [0.2, 0.25) is 5.02 Å². The van der Waals surface area contributed by atoms with Crippen molar-refractivity contribution in [1.82, 2.24) is 0 Å². The van der Waals surface area contributed by atoms with Gasteiger partial charge in [-0.25, -0.2) is 9.18 Å². The molecule has 0 aliphatic carbocycles. The van der Waals surface area contributed by atoms with Crippen molar-refractivity contribution in [2.45, 2.75) is 33.1 Å². The summed E-state index contributed by atoms with van der Waals surface area (Å²) < 4.78 is 19.6. The van der Waals surface area contributed by atoms with Crippen LogP contribution in [0.5, 0.6) is 11.5 Å². The Bertz CT molecular complexity index is 890. The van der Waals surface area contributed by atoms with Gasteiger partial charge in [0.1, 0.15) is 5.75 Å². The number of carbonyl (C=O) groups is 1. The SMILES string of the molecule is C=C(C)c1cc(OCC(=O)O)c(F)c(Cl)c1Cc1ccc(O)c(C(C)C)c1. The number of hydrogen-bond acceptors (Lipinski definition) is 3. The third kappa shape index (κ3) is 4.80. The van der Waals surface area contributed by atoms with E-state index in [1.165, 1.54) is 6.07 Å². The Morgan fingerprint density at radius 1 is 1.33 bits per heavy atom. The molecule has 0 saturated heterocycles. The number of hydrogen-bond donors (Lipinski definition) is 2. The van der Waals surface area contributed by atoms with E-state index >= 15 is 0 Å². The molecule has 0 fully saturated rings. The third-order valence-corrected chi connectivity index (χ3v) is 4.57. The minimum absolute atomic E-state index is 0.129. The molecule has 0 unspecified atom stereocenters. The summed E-state index contributed by atoms with van der Waals surface area (Å²) in [4.78, 5) is 10.7. The van der Waals surface area contributed by atoms with Crippen molar-refractivity contribution in [2.24, 2.45) is 0 Å². The maximum atomic E-state index is 14.6. The summed E-state index contributed by atoms with van der Waals surface area (Å²) in [5.74, 6) is -1.90.